The molecule has 22 nitrogen and oxygen atoms in total. The maximum absolute atomic E-state index is 15.0. The lowest BCUT2D eigenvalue weighted by molar-refractivity contribution is -0.392. The van der Waals surface area contributed by atoms with E-state index >= 15 is 0 Å². The number of allylic oxidation sites excluding steroid dienone is 2. The number of nitrogens with zero attached hydrogens (tertiary/aromatic N) is 6. The average Bonchev–Trinajstić information content (AvgIpc) is 3.93. The highest BCUT2D eigenvalue weighted by molar-refractivity contribution is 6.17. The topological polar surface area (TPSA) is 292 Å². The number of benzene rings is 3. The Balaban J connectivity index is 1.26. The molecule has 22 heteroatoms. The first-order valence-corrected chi connectivity index (χ1v) is 24.7. The van der Waals surface area contributed by atoms with Crippen LogP contribution in [0.1, 0.15) is 59.9 Å². The summed E-state index contributed by atoms with van der Waals surface area (Å²) in [5.41, 5.74) is -1.96. The molecule has 0 spiro atoms. The Hall–Kier alpha value is -7.40. The molecular weight excluding hydrogens is 975 g/mol. The van der Waals surface area contributed by atoms with Crippen molar-refractivity contribution in [3.63, 3.8) is 0 Å². The second-order valence-electron chi connectivity index (χ2n) is 19.9. The van der Waals surface area contributed by atoms with E-state index in [-0.39, 0.29) is 60.9 Å². The number of aryl methyl sites for hydroxylation is 1. The van der Waals surface area contributed by atoms with Gasteiger partial charge in [-0.3, -0.25) is 24.1 Å². The van der Waals surface area contributed by atoms with Crippen LogP contribution in [0.3, 0.4) is 0 Å². The van der Waals surface area contributed by atoms with Gasteiger partial charge in [-0.1, -0.05) is 45.9 Å². The standard InChI is InChI=1S/C53H63N7O15/c1-25-12-11-13-26(2)52(68)56-43-47(66)39-38(42-50(43)74-36-23-33(22-34(62)41(36)55-42)58-18-15-57(16-19-58)17-20-59-31(7)54-24-37(59)60(69)70)40-49(30(6)46(39)65)75-53(9,51(40)67)72-21-14-35(71-10)27(3)48(73-32(8)61)29(5)45(64)28(4)44(25)63/h11-14,21-25,27-29,35,44-45,48,63-65,67H,15-20H2,1-10H3,(H,56,68)/b12-11+,21-14+,26-13-/t25-,27+,28+,29+,35-,44-,45+,48+,53-/m0/s1. The van der Waals surface area contributed by atoms with Crippen molar-refractivity contribution in [3.8, 4) is 11.5 Å². The van der Waals surface area contributed by atoms with E-state index in [0.717, 1.165) is 0 Å². The number of ether oxygens (including phenoxy) is 4. The van der Waals surface area contributed by atoms with Gasteiger partial charge in [0.15, 0.2) is 28.3 Å². The minimum absolute atomic E-state index is 0.0247. The molecule has 5 N–H and O–H groups in total. The number of nitrogens with one attached hydrogen (secondary N) is 1. The van der Waals surface area contributed by atoms with Crippen LogP contribution in [0.4, 0.5) is 17.2 Å². The molecule has 400 valence electrons. The molecular formula is C53H63N7O15. The highest BCUT2D eigenvalue weighted by atomic mass is 16.7. The van der Waals surface area contributed by atoms with E-state index in [1.807, 2.05) is 4.90 Å². The highest BCUT2D eigenvalue weighted by Crippen LogP contribution is 2.42. The zero-order chi connectivity index (χ0) is 54.5. The maximum Gasteiger partial charge on any atom is 0.342 e. The van der Waals surface area contributed by atoms with Gasteiger partial charge in [-0.25, -0.2) is 14.5 Å². The van der Waals surface area contributed by atoms with E-state index in [1.54, 1.807) is 57.4 Å². The van der Waals surface area contributed by atoms with Crippen LogP contribution in [0.5, 0.6) is 11.5 Å². The molecule has 3 aliphatic heterocycles. The Morgan fingerprint density at radius 2 is 1.67 bits per heavy atom. The minimum atomic E-state index is -2.02. The lowest BCUT2D eigenvalue weighted by Gasteiger charge is -2.38. The Bertz CT molecular complexity index is 3380. The summed E-state index contributed by atoms with van der Waals surface area (Å²) in [5.74, 6) is -6.79. The first-order chi connectivity index (χ1) is 35.5. The number of hydrogen-bond donors (Lipinski definition) is 5. The van der Waals surface area contributed by atoms with E-state index < -0.39 is 98.7 Å². The van der Waals surface area contributed by atoms with Gasteiger partial charge in [-0.15, -0.1) is 0 Å². The summed E-state index contributed by atoms with van der Waals surface area (Å²) in [6.07, 6.45) is 4.59. The second-order valence-corrected chi connectivity index (χ2v) is 19.9. The van der Waals surface area contributed by atoms with E-state index in [0.29, 0.717) is 50.8 Å². The molecule has 0 unspecified atom stereocenters. The first kappa shape index (κ1) is 53.9. The third-order valence-corrected chi connectivity index (χ3v) is 15.0. The molecule has 5 heterocycles. The van der Waals surface area contributed by atoms with Crippen molar-refractivity contribution in [1.29, 1.82) is 0 Å². The number of amides is 1. The number of carbonyl (C=O) groups is 2. The van der Waals surface area contributed by atoms with Gasteiger partial charge < -0.3 is 64.1 Å². The molecule has 3 aliphatic rings. The zero-order valence-electron chi connectivity index (χ0n) is 43.4. The molecule has 5 aromatic rings. The van der Waals surface area contributed by atoms with Crippen LogP contribution in [-0.2, 0) is 30.3 Å². The molecule has 8 rings (SSSR count). The molecule has 0 aliphatic carbocycles. The third kappa shape index (κ3) is 10.0. The van der Waals surface area contributed by atoms with Crippen LogP contribution in [0.2, 0.25) is 0 Å². The molecule has 1 saturated heterocycles. The summed E-state index contributed by atoms with van der Waals surface area (Å²) >= 11 is 0. The normalized spacial score (nSPS) is 27.7. The number of methoxy groups -OCH3 is 1. The van der Waals surface area contributed by atoms with Gasteiger partial charge in [-0.05, 0) is 24.8 Å². The van der Waals surface area contributed by atoms with Crippen LogP contribution in [0.15, 0.2) is 68.5 Å². The number of aromatic hydroxyl groups is 1. The number of aromatic nitrogens is 3. The second kappa shape index (κ2) is 21.1. The van der Waals surface area contributed by atoms with Gasteiger partial charge in [0.25, 0.3) is 5.91 Å². The van der Waals surface area contributed by atoms with Crippen LogP contribution >= 0.6 is 0 Å². The average molecular weight is 1040 g/mol. The molecule has 1 fully saturated rings. The molecule has 3 aromatic carbocycles. The number of aliphatic hydroxyl groups excluding tert-OH is 3. The molecule has 75 heavy (non-hydrogen) atoms. The Morgan fingerprint density at radius 1 is 0.960 bits per heavy atom. The Morgan fingerprint density at radius 3 is 2.33 bits per heavy atom. The van der Waals surface area contributed by atoms with Gasteiger partial charge >= 0.3 is 17.6 Å². The van der Waals surface area contributed by atoms with Crippen LogP contribution < -0.4 is 31.0 Å². The highest BCUT2D eigenvalue weighted by Gasteiger charge is 2.44. The summed E-state index contributed by atoms with van der Waals surface area (Å²) in [4.78, 5) is 79.9. The van der Waals surface area contributed by atoms with Gasteiger partial charge in [-0.2, -0.15) is 0 Å². The number of piperazine rings is 1. The number of anilines is 2. The quantitative estimate of drug-likeness (QED) is 0.0481. The number of nitro groups is 1. The SMILES string of the molecule is CO[C@H]1/C=C/O[C@@]2(C)Oc3c(C)c(O)c4c(=O)c(c5oc6cc(N7CCN(CCn8c([N+](=O)[O-])cnc8C)CC7)cc(=O)c6nc5c4c3=C2O)NC(=O)/C(C)=C\C=C\[C@H](C)[C@H](O)[C@@H](C)[C@@H](O)[C@@H](C)[C@H](OC(C)=O)[C@@H]1C. The number of hydrogen-bond acceptors (Lipinski definition) is 19. The van der Waals surface area contributed by atoms with Crippen molar-refractivity contribution in [2.24, 2.45) is 23.7 Å². The number of phenolic OH excluding ortho intramolecular Hbond substituents is 1. The number of rotatable bonds is 7. The van der Waals surface area contributed by atoms with Gasteiger partial charge in [0, 0.05) is 119 Å². The monoisotopic (exact) mass is 1040 g/mol. The van der Waals surface area contributed by atoms with E-state index in [1.165, 1.54) is 65.5 Å². The van der Waals surface area contributed by atoms with E-state index in [4.69, 9.17) is 28.3 Å². The minimum Gasteiger partial charge on any atom is -0.507 e. The summed E-state index contributed by atoms with van der Waals surface area (Å²) in [7, 11) is 1.43. The van der Waals surface area contributed by atoms with Crippen LogP contribution in [0, 0.1) is 47.6 Å². The number of carbonyl (C=O) groups excluding carboxylic acids is 2. The Labute approximate surface area is 430 Å². The van der Waals surface area contributed by atoms with Crippen molar-refractivity contribution in [2.45, 2.75) is 99.1 Å². The van der Waals surface area contributed by atoms with Crippen molar-refractivity contribution >= 4 is 67.8 Å². The number of aliphatic hydroxyl groups is 3. The molecule has 1 amide bonds. The number of esters is 1. The summed E-state index contributed by atoms with van der Waals surface area (Å²) in [5, 5.41) is 60.9. The third-order valence-electron chi connectivity index (χ3n) is 15.0. The predicted molar refractivity (Wildman–Crippen MR) is 277 cm³/mol. The van der Waals surface area contributed by atoms with Crippen molar-refractivity contribution in [3.05, 3.63) is 102 Å². The lowest BCUT2D eigenvalue weighted by Crippen LogP contribution is -2.47. The smallest absolute Gasteiger partial charge is 0.342 e. The lowest BCUT2D eigenvalue weighted by atomic mass is 9.78. The number of phenols is 1. The molecule has 0 radical (unpaired) electrons. The van der Waals surface area contributed by atoms with Crippen LogP contribution in [-0.4, -0.2) is 127 Å². The van der Waals surface area contributed by atoms with E-state index in [2.05, 4.69) is 15.2 Å². The fraction of sp³-hybridized carbons (Fsp3) is 0.472. The fourth-order valence-corrected chi connectivity index (χ4v) is 10.4. The predicted octanol–water partition coefficient (Wildman–Crippen LogP) is 4.80. The molecule has 9 atom stereocenters. The number of fused-ring (bicyclic) bond motifs is 2. The Kier molecular flexibility index (Phi) is 15.1. The summed E-state index contributed by atoms with van der Waals surface area (Å²) < 4.78 is 32.1. The van der Waals surface area contributed by atoms with Crippen molar-refractivity contribution in [1.82, 2.24) is 19.4 Å². The van der Waals surface area contributed by atoms with E-state index in [9.17, 15) is 49.7 Å². The summed E-state index contributed by atoms with van der Waals surface area (Å²) in [6, 6.07) is 3.01. The van der Waals surface area contributed by atoms with Crippen molar-refractivity contribution in [2.75, 3.05) is 50.1 Å². The molecule has 0 saturated carbocycles. The van der Waals surface area contributed by atoms with Gasteiger partial charge in [0.2, 0.25) is 10.9 Å². The number of imidazole rings is 1. The summed E-state index contributed by atoms with van der Waals surface area (Å²) in [6.45, 7) is 17.1. The van der Waals surface area contributed by atoms with Crippen molar-refractivity contribution < 1.29 is 58.3 Å². The van der Waals surface area contributed by atoms with Gasteiger partial charge in [0.05, 0.1) is 35.2 Å². The zero-order valence-corrected chi connectivity index (χ0v) is 43.4. The molecule has 2 aromatic heterocycles. The largest absolute Gasteiger partial charge is 0.507 e. The molecule has 4 bridgehead atoms. The van der Waals surface area contributed by atoms with Crippen LogP contribution in [0.25, 0.3) is 38.7 Å². The first-order valence-electron chi connectivity index (χ1n) is 24.7. The maximum atomic E-state index is 15.0. The van der Waals surface area contributed by atoms with Gasteiger partial charge in [0.1, 0.15) is 41.5 Å². The fourth-order valence-electron chi connectivity index (χ4n) is 10.4.